The predicted octanol–water partition coefficient (Wildman–Crippen LogP) is 3.45. The van der Waals surface area contributed by atoms with Crippen LogP contribution in [0.25, 0.3) is 4.85 Å². The van der Waals surface area contributed by atoms with E-state index in [0.29, 0.717) is 11.5 Å². The highest BCUT2D eigenvalue weighted by atomic mass is 79.9. The van der Waals surface area contributed by atoms with Crippen LogP contribution in [0.2, 0.25) is 0 Å². The van der Waals surface area contributed by atoms with E-state index in [1.165, 1.54) is 0 Å². The average Bonchev–Trinajstić information content (AvgIpc) is 2.28. The van der Waals surface area contributed by atoms with Crippen LogP contribution < -0.4 is 9.47 Å². The Morgan fingerprint density at radius 1 is 1.27 bits per heavy atom. The highest BCUT2D eigenvalue weighted by Crippen LogP contribution is 2.37. The number of nitrogens with zero attached hydrogens (tertiary/aromatic N) is 1. The summed E-state index contributed by atoms with van der Waals surface area (Å²) in [5.41, 5.74) is 0.891. The highest BCUT2D eigenvalue weighted by Gasteiger charge is 2.15. The molecular formula is C11H12BrNO2. The van der Waals surface area contributed by atoms with Gasteiger partial charge in [0.1, 0.15) is 16.0 Å². The van der Waals surface area contributed by atoms with Gasteiger partial charge in [0.2, 0.25) is 6.04 Å². The maximum atomic E-state index is 6.99. The molecule has 0 saturated heterocycles. The molecule has 1 aromatic carbocycles. The summed E-state index contributed by atoms with van der Waals surface area (Å²) in [5, 5.41) is 0. The first kappa shape index (κ1) is 11.9. The van der Waals surface area contributed by atoms with Gasteiger partial charge >= 0.3 is 0 Å². The van der Waals surface area contributed by atoms with Crippen LogP contribution in [0, 0.1) is 6.57 Å². The van der Waals surface area contributed by atoms with E-state index in [9.17, 15) is 0 Å². The summed E-state index contributed by atoms with van der Waals surface area (Å²) >= 11 is 3.38. The minimum Gasteiger partial charge on any atom is -0.495 e. The Balaban J connectivity index is 3.28. The van der Waals surface area contributed by atoms with Gasteiger partial charge < -0.3 is 14.3 Å². The summed E-state index contributed by atoms with van der Waals surface area (Å²) in [7, 11) is 3.18. The van der Waals surface area contributed by atoms with E-state index < -0.39 is 0 Å². The van der Waals surface area contributed by atoms with Crippen molar-refractivity contribution < 1.29 is 9.47 Å². The van der Waals surface area contributed by atoms with Gasteiger partial charge in [-0.1, -0.05) is 0 Å². The quantitative estimate of drug-likeness (QED) is 0.785. The van der Waals surface area contributed by atoms with Crippen molar-refractivity contribution in [3.8, 4) is 11.5 Å². The first-order valence-electron chi connectivity index (χ1n) is 4.42. The van der Waals surface area contributed by atoms with Crippen molar-refractivity contribution in [3.05, 3.63) is 33.6 Å². The summed E-state index contributed by atoms with van der Waals surface area (Å²) in [6.07, 6.45) is 0. The normalized spacial score (nSPS) is 11.7. The van der Waals surface area contributed by atoms with Crippen molar-refractivity contribution in [1.29, 1.82) is 0 Å². The Morgan fingerprint density at radius 3 is 2.07 bits per heavy atom. The third-order valence-electron chi connectivity index (χ3n) is 2.14. The van der Waals surface area contributed by atoms with E-state index in [-0.39, 0.29) is 6.04 Å². The Labute approximate surface area is 98.0 Å². The fourth-order valence-corrected chi connectivity index (χ4v) is 1.76. The van der Waals surface area contributed by atoms with Crippen molar-refractivity contribution in [2.75, 3.05) is 14.2 Å². The smallest absolute Gasteiger partial charge is 0.246 e. The third kappa shape index (κ3) is 2.42. The molecule has 1 aromatic rings. The number of rotatable bonds is 3. The molecule has 80 valence electrons. The number of halogens is 1. The Bertz CT molecular complexity index is 373. The molecule has 0 aliphatic rings. The molecule has 4 heteroatoms. The predicted molar refractivity (Wildman–Crippen MR) is 62.3 cm³/mol. The molecule has 0 N–H and O–H groups in total. The summed E-state index contributed by atoms with van der Waals surface area (Å²) in [4.78, 5) is 3.46. The molecular weight excluding hydrogens is 258 g/mol. The highest BCUT2D eigenvalue weighted by molar-refractivity contribution is 9.10. The summed E-state index contributed by atoms with van der Waals surface area (Å²) in [6.45, 7) is 8.83. The molecule has 1 rings (SSSR count). The first-order valence-corrected chi connectivity index (χ1v) is 5.21. The van der Waals surface area contributed by atoms with E-state index in [2.05, 4.69) is 20.8 Å². The van der Waals surface area contributed by atoms with Crippen LogP contribution in [-0.4, -0.2) is 14.2 Å². The van der Waals surface area contributed by atoms with E-state index in [0.717, 1.165) is 10.0 Å². The van der Waals surface area contributed by atoms with Gasteiger partial charge in [-0.25, -0.2) is 6.57 Å². The van der Waals surface area contributed by atoms with E-state index in [4.69, 9.17) is 16.0 Å². The maximum Gasteiger partial charge on any atom is 0.246 e. The molecule has 15 heavy (non-hydrogen) atoms. The fraction of sp³-hybridized carbons (Fsp3) is 0.364. The fourth-order valence-electron chi connectivity index (χ4n) is 1.21. The van der Waals surface area contributed by atoms with Gasteiger partial charge in [-0.3, -0.25) is 0 Å². The lowest BCUT2D eigenvalue weighted by molar-refractivity contribution is 0.388. The molecule has 0 saturated carbocycles. The molecule has 0 aliphatic carbocycles. The van der Waals surface area contributed by atoms with E-state index in [1.807, 2.05) is 19.1 Å². The third-order valence-corrected chi connectivity index (χ3v) is 2.93. The molecule has 0 aromatic heterocycles. The Kier molecular flexibility index (Phi) is 3.98. The van der Waals surface area contributed by atoms with Crippen LogP contribution in [0.15, 0.2) is 16.6 Å². The topological polar surface area (TPSA) is 22.8 Å². The first-order chi connectivity index (χ1) is 7.13. The van der Waals surface area contributed by atoms with Gasteiger partial charge in [-0.2, -0.15) is 0 Å². The van der Waals surface area contributed by atoms with Crippen molar-refractivity contribution in [2.24, 2.45) is 0 Å². The second-order valence-electron chi connectivity index (χ2n) is 3.04. The zero-order chi connectivity index (χ0) is 11.4. The largest absolute Gasteiger partial charge is 0.495 e. The summed E-state index contributed by atoms with van der Waals surface area (Å²) in [6, 6.07) is 3.49. The maximum absolute atomic E-state index is 6.99. The van der Waals surface area contributed by atoms with Crippen LogP contribution in [0.3, 0.4) is 0 Å². The molecule has 1 atom stereocenters. The van der Waals surface area contributed by atoms with Gasteiger partial charge in [0.15, 0.2) is 0 Å². The van der Waals surface area contributed by atoms with E-state index >= 15 is 0 Å². The molecule has 0 fully saturated rings. The van der Waals surface area contributed by atoms with Crippen molar-refractivity contribution in [3.63, 3.8) is 0 Å². The van der Waals surface area contributed by atoms with Crippen LogP contribution >= 0.6 is 15.9 Å². The second-order valence-corrected chi connectivity index (χ2v) is 3.84. The average molecular weight is 270 g/mol. The lowest BCUT2D eigenvalue weighted by atomic mass is 10.1. The van der Waals surface area contributed by atoms with Gasteiger partial charge in [0.25, 0.3) is 0 Å². The van der Waals surface area contributed by atoms with Gasteiger partial charge in [0, 0.05) is 12.5 Å². The lowest BCUT2D eigenvalue weighted by Crippen LogP contribution is -1.94. The minimum atomic E-state index is -0.194. The number of methoxy groups -OCH3 is 2. The molecule has 0 spiro atoms. The number of hydrogen-bond acceptors (Lipinski definition) is 2. The summed E-state index contributed by atoms with van der Waals surface area (Å²) < 4.78 is 11.2. The van der Waals surface area contributed by atoms with Crippen LogP contribution in [0.4, 0.5) is 0 Å². The number of hydrogen-bond donors (Lipinski definition) is 0. The zero-order valence-corrected chi connectivity index (χ0v) is 10.5. The summed E-state index contributed by atoms with van der Waals surface area (Å²) in [5.74, 6) is 1.36. The Morgan fingerprint density at radius 2 is 1.73 bits per heavy atom. The van der Waals surface area contributed by atoms with Crippen molar-refractivity contribution >= 4 is 15.9 Å². The molecule has 0 heterocycles. The standard InChI is InChI=1S/C11H12BrNO2/c1-7(13-2)8-5-9(14-3)11(12)10(6-8)15-4/h5-7H,1,3-4H3. The monoisotopic (exact) mass is 269 g/mol. The van der Waals surface area contributed by atoms with E-state index in [1.54, 1.807) is 14.2 Å². The van der Waals surface area contributed by atoms with Gasteiger partial charge in [-0.05, 0) is 28.1 Å². The van der Waals surface area contributed by atoms with Crippen LogP contribution in [-0.2, 0) is 0 Å². The van der Waals surface area contributed by atoms with Gasteiger partial charge in [-0.15, -0.1) is 0 Å². The van der Waals surface area contributed by atoms with Gasteiger partial charge in [0.05, 0.1) is 14.2 Å². The minimum absolute atomic E-state index is 0.194. The number of ether oxygens (including phenoxy) is 2. The SMILES string of the molecule is [C-]#[N+]C(C)c1cc(OC)c(Br)c(OC)c1. The molecule has 0 radical (unpaired) electrons. The molecule has 0 bridgehead atoms. The number of benzene rings is 1. The molecule has 3 nitrogen and oxygen atoms in total. The molecule has 0 amide bonds. The lowest BCUT2D eigenvalue weighted by Gasteiger charge is -2.10. The molecule has 0 aliphatic heterocycles. The molecule has 1 unspecified atom stereocenters. The van der Waals surface area contributed by atoms with Crippen molar-refractivity contribution in [1.82, 2.24) is 0 Å². The van der Waals surface area contributed by atoms with Crippen LogP contribution in [0.1, 0.15) is 18.5 Å². The zero-order valence-electron chi connectivity index (χ0n) is 8.87. The second kappa shape index (κ2) is 5.04. The Hall–Kier alpha value is -1.21. The van der Waals surface area contributed by atoms with Crippen molar-refractivity contribution in [2.45, 2.75) is 13.0 Å². The van der Waals surface area contributed by atoms with Crippen LogP contribution in [0.5, 0.6) is 11.5 Å².